The summed E-state index contributed by atoms with van der Waals surface area (Å²) in [6, 6.07) is 6.77. The Balaban J connectivity index is 2.61. The van der Waals surface area contributed by atoms with Gasteiger partial charge in [-0.2, -0.15) is 4.73 Å². The highest BCUT2D eigenvalue weighted by atomic mass is 35.5. The minimum Gasteiger partial charge on any atom is -0.618 e. The number of nitrogens with zero attached hydrogens (tertiary/aromatic N) is 1. The van der Waals surface area contributed by atoms with Gasteiger partial charge in [0.15, 0.2) is 6.20 Å². The Hall–Kier alpha value is -1.70. The van der Waals surface area contributed by atoms with Crippen LogP contribution in [0, 0.1) is 11.0 Å². The van der Waals surface area contributed by atoms with Gasteiger partial charge in [-0.3, -0.25) is 0 Å². The van der Waals surface area contributed by atoms with Crippen molar-refractivity contribution in [1.29, 1.82) is 0 Å². The number of rotatable bonds is 4. The average Bonchev–Trinajstić information content (AvgIpc) is 2.37. The van der Waals surface area contributed by atoms with Gasteiger partial charge in [-0.05, 0) is 38.1 Å². The summed E-state index contributed by atoms with van der Waals surface area (Å²) in [6.45, 7) is 3.28. The van der Waals surface area contributed by atoms with Gasteiger partial charge in [0.05, 0.1) is 11.8 Å². The summed E-state index contributed by atoms with van der Waals surface area (Å²) in [4.78, 5) is 0. The van der Waals surface area contributed by atoms with Gasteiger partial charge < -0.3 is 5.21 Å². The Kier molecular flexibility index (Phi) is 4.66. The van der Waals surface area contributed by atoms with Crippen LogP contribution < -0.4 is 9.45 Å². The third-order valence-corrected chi connectivity index (χ3v) is 4.54. The highest BCUT2D eigenvalue weighted by molar-refractivity contribution is 7.88. The predicted molar refractivity (Wildman–Crippen MR) is 86.8 cm³/mol. The van der Waals surface area contributed by atoms with Crippen molar-refractivity contribution in [3.05, 3.63) is 58.1 Å². The molecule has 8 heteroatoms. The van der Waals surface area contributed by atoms with Crippen LogP contribution in [0.5, 0.6) is 0 Å². The van der Waals surface area contributed by atoms with Crippen LogP contribution in [-0.4, -0.2) is 14.7 Å². The molecule has 0 saturated carbocycles. The lowest BCUT2D eigenvalue weighted by Crippen LogP contribution is -2.41. The van der Waals surface area contributed by atoms with E-state index < -0.39 is 21.4 Å². The molecule has 1 aromatic heterocycles. The maximum atomic E-state index is 13.1. The highest BCUT2D eigenvalue weighted by Gasteiger charge is 2.31. The van der Waals surface area contributed by atoms with E-state index in [1.165, 1.54) is 36.5 Å². The normalized spacial score (nSPS) is 12.4. The van der Waals surface area contributed by atoms with Gasteiger partial charge in [0.25, 0.3) is 0 Å². The van der Waals surface area contributed by atoms with Gasteiger partial charge in [-0.25, -0.2) is 17.5 Å². The summed E-state index contributed by atoms with van der Waals surface area (Å²) in [7, 11) is -3.48. The van der Waals surface area contributed by atoms with Crippen molar-refractivity contribution in [2.24, 2.45) is 0 Å². The molecule has 0 saturated heterocycles. The van der Waals surface area contributed by atoms with Crippen molar-refractivity contribution in [3.63, 3.8) is 0 Å². The molecule has 0 radical (unpaired) electrons. The molecule has 1 N–H and O–H groups in total. The zero-order chi connectivity index (χ0) is 17.4. The summed E-state index contributed by atoms with van der Waals surface area (Å²) < 4.78 is 39.2. The molecule has 2 aromatic rings. The van der Waals surface area contributed by atoms with E-state index in [2.05, 4.69) is 4.72 Å². The van der Waals surface area contributed by atoms with Crippen molar-refractivity contribution >= 4 is 21.6 Å². The third kappa shape index (κ3) is 3.99. The van der Waals surface area contributed by atoms with E-state index in [0.717, 1.165) is 6.26 Å². The van der Waals surface area contributed by atoms with Gasteiger partial charge in [0.1, 0.15) is 10.8 Å². The quantitative estimate of drug-likeness (QED) is 0.674. The summed E-state index contributed by atoms with van der Waals surface area (Å²) in [5, 5.41) is 12.2. The predicted octanol–water partition coefficient (Wildman–Crippen LogP) is 2.56. The Morgan fingerprint density at radius 3 is 2.30 bits per heavy atom. The van der Waals surface area contributed by atoms with Gasteiger partial charge >= 0.3 is 0 Å². The molecule has 0 unspecified atom stereocenters. The lowest BCUT2D eigenvalue weighted by molar-refractivity contribution is -0.593. The van der Waals surface area contributed by atoms with Crippen molar-refractivity contribution in [1.82, 2.24) is 4.72 Å². The monoisotopic (exact) mass is 358 g/mol. The van der Waals surface area contributed by atoms with Crippen LogP contribution in [0.2, 0.25) is 5.02 Å². The lowest BCUT2D eigenvalue weighted by Gasteiger charge is -2.26. The van der Waals surface area contributed by atoms with E-state index >= 15 is 0 Å². The van der Waals surface area contributed by atoms with Crippen LogP contribution in [-0.2, 0) is 15.6 Å². The van der Waals surface area contributed by atoms with Gasteiger partial charge in [-0.1, -0.05) is 11.6 Å². The van der Waals surface area contributed by atoms with E-state index in [1.807, 2.05) is 0 Å². The lowest BCUT2D eigenvalue weighted by atomic mass is 9.94. The van der Waals surface area contributed by atoms with Crippen LogP contribution in [0.25, 0.3) is 11.3 Å². The van der Waals surface area contributed by atoms with Crippen molar-refractivity contribution in [3.8, 4) is 11.3 Å². The number of halogens is 2. The van der Waals surface area contributed by atoms with Gasteiger partial charge in [-0.15, -0.1) is 0 Å². The molecule has 0 fully saturated rings. The number of pyridine rings is 1. The fourth-order valence-corrected chi connectivity index (χ4v) is 3.91. The fourth-order valence-electron chi connectivity index (χ4n) is 2.38. The Morgan fingerprint density at radius 1 is 1.22 bits per heavy atom. The molecule has 124 valence electrons. The van der Waals surface area contributed by atoms with Crippen LogP contribution in [0.4, 0.5) is 4.39 Å². The van der Waals surface area contributed by atoms with Crippen LogP contribution in [0.15, 0.2) is 36.5 Å². The van der Waals surface area contributed by atoms with Crippen LogP contribution in [0.3, 0.4) is 0 Å². The van der Waals surface area contributed by atoms with E-state index in [-0.39, 0.29) is 10.7 Å². The molecule has 23 heavy (non-hydrogen) atoms. The SMILES string of the molecule is CC(C)(NS(C)(=O)=O)c1cc[n+]([O-])c(-c2ccc(F)cc2)c1Cl. The van der Waals surface area contributed by atoms with Crippen molar-refractivity contribution < 1.29 is 17.5 Å². The van der Waals surface area contributed by atoms with Gasteiger partial charge in [0, 0.05) is 17.2 Å². The molecule has 0 atom stereocenters. The zero-order valence-corrected chi connectivity index (χ0v) is 14.4. The first-order valence-corrected chi connectivity index (χ1v) is 8.95. The first-order valence-electron chi connectivity index (χ1n) is 6.68. The number of hydrogen-bond donors (Lipinski definition) is 1. The average molecular weight is 359 g/mol. The van der Waals surface area contributed by atoms with Crippen LogP contribution >= 0.6 is 11.6 Å². The number of sulfonamides is 1. The maximum absolute atomic E-state index is 13.1. The van der Waals surface area contributed by atoms with E-state index in [1.54, 1.807) is 13.8 Å². The minimum atomic E-state index is -3.48. The standard InChI is InChI=1S/C15H16ClFN2O3S/c1-15(2,18-23(3,21)22)12-8-9-19(20)14(13(12)16)10-4-6-11(17)7-5-10/h4-9,18H,1-3H3. The van der Waals surface area contributed by atoms with E-state index in [4.69, 9.17) is 11.6 Å². The Bertz CT molecular complexity index is 837. The van der Waals surface area contributed by atoms with Crippen molar-refractivity contribution in [2.45, 2.75) is 19.4 Å². The molecule has 1 heterocycles. The topological polar surface area (TPSA) is 73.1 Å². The molecule has 1 aromatic carbocycles. The van der Waals surface area contributed by atoms with Crippen LogP contribution in [0.1, 0.15) is 19.4 Å². The number of aromatic nitrogens is 1. The Labute approximate surface area is 139 Å². The fraction of sp³-hybridized carbons (Fsp3) is 0.267. The number of nitrogens with one attached hydrogen (secondary N) is 1. The molecule has 0 aliphatic carbocycles. The summed E-state index contributed by atoms with van der Waals surface area (Å²) in [5.74, 6) is -0.433. The summed E-state index contributed by atoms with van der Waals surface area (Å²) in [5.41, 5.74) is -0.0137. The molecule has 2 rings (SSSR count). The van der Waals surface area contributed by atoms with Crippen molar-refractivity contribution in [2.75, 3.05) is 6.26 Å². The second-order valence-corrected chi connectivity index (χ2v) is 7.85. The maximum Gasteiger partial charge on any atom is 0.242 e. The highest BCUT2D eigenvalue weighted by Crippen LogP contribution is 2.33. The molecule has 5 nitrogen and oxygen atoms in total. The molecule has 0 spiro atoms. The molecule has 0 aliphatic heterocycles. The summed E-state index contributed by atoms with van der Waals surface area (Å²) >= 11 is 6.35. The van der Waals surface area contributed by atoms with E-state index in [0.29, 0.717) is 15.9 Å². The zero-order valence-electron chi connectivity index (χ0n) is 12.8. The van der Waals surface area contributed by atoms with E-state index in [9.17, 15) is 18.0 Å². The molecular weight excluding hydrogens is 343 g/mol. The second kappa shape index (κ2) is 6.07. The summed E-state index contributed by atoms with van der Waals surface area (Å²) in [6.07, 6.45) is 2.28. The minimum absolute atomic E-state index is 0.107. The molecular formula is C15H16ClFN2O3S. The second-order valence-electron chi connectivity index (χ2n) is 5.72. The first kappa shape index (κ1) is 17.7. The third-order valence-electron chi connectivity index (χ3n) is 3.27. The van der Waals surface area contributed by atoms with Gasteiger partial charge in [0.2, 0.25) is 15.7 Å². The molecule has 0 bridgehead atoms. The largest absolute Gasteiger partial charge is 0.618 e. The molecule has 0 amide bonds. The first-order chi connectivity index (χ1) is 10.5. The Morgan fingerprint density at radius 2 is 1.78 bits per heavy atom. The number of benzene rings is 1. The number of hydrogen-bond acceptors (Lipinski definition) is 3. The molecule has 0 aliphatic rings. The smallest absolute Gasteiger partial charge is 0.242 e.